The van der Waals surface area contributed by atoms with Crippen LogP contribution in [0.1, 0.15) is 23.2 Å². The van der Waals surface area contributed by atoms with Gasteiger partial charge in [-0.15, -0.1) is 11.3 Å². The third kappa shape index (κ3) is 3.60. The van der Waals surface area contributed by atoms with Crippen LogP contribution in [0.15, 0.2) is 18.3 Å². The molecule has 1 aromatic heterocycles. The Bertz CT molecular complexity index is 586. The van der Waals surface area contributed by atoms with Gasteiger partial charge in [0.05, 0.1) is 29.5 Å². The van der Waals surface area contributed by atoms with Crippen molar-refractivity contribution in [1.29, 1.82) is 0 Å². The first kappa shape index (κ1) is 14.6. The van der Waals surface area contributed by atoms with Gasteiger partial charge in [-0.05, 0) is 13.3 Å². The first-order chi connectivity index (χ1) is 9.60. The second-order valence-corrected chi connectivity index (χ2v) is 5.74. The van der Waals surface area contributed by atoms with Crippen LogP contribution in [0.3, 0.4) is 0 Å². The molecule has 0 aliphatic heterocycles. The van der Waals surface area contributed by atoms with Crippen LogP contribution in [0.5, 0.6) is 5.75 Å². The second-order valence-electron chi connectivity index (χ2n) is 4.42. The Morgan fingerprint density at radius 1 is 1.45 bits per heavy atom. The van der Waals surface area contributed by atoms with Gasteiger partial charge < -0.3 is 15.8 Å². The fraction of sp³-hybridized carbons (Fsp3) is 0.357. The van der Waals surface area contributed by atoms with Crippen molar-refractivity contribution in [2.75, 3.05) is 17.7 Å². The summed E-state index contributed by atoms with van der Waals surface area (Å²) in [7, 11) is 0. The summed E-state index contributed by atoms with van der Waals surface area (Å²) in [5.41, 5.74) is 6.86. The molecule has 0 aliphatic rings. The number of nitrogen functional groups attached to an aromatic ring is 1. The van der Waals surface area contributed by atoms with Gasteiger partial charge in [0.25, 0.3) is 0 Å². The van der Waals surface area contributed by atoms with Crippen LogP contribution in [-0.4, -0.2) is 11.6 Å². The molecule has 0 bridgehead atoms. The summed E-state index contributed by atoms with van der Waals surface area (Å²) < 4.78 is 19.0. The maximum Gasteiger partial charge on any atom is 0.167 e. The van der Waals surface area contributed by atoms with E-state index in [0.717, 1.165) is 16.3 Å². The van der Waals surface area contributed by atoms with E-state index in [9.17, 15) is 4.39 Å². The number of thiazole rings is 1. The highest BCUT2D eigenvalue weighted by atomic mass is 32.1. The molecule has 2 aromatic rings. The maximum atomic E-state index is 13.7. The quantitative estimate of drug-likeness (QED) is 0.800. The average Bonchev–Trinajstić information content (AvgIpc) is 2.82. The Morgan fingerprint density at radius 3 is 2.90 bits per heavy atom. The number of nitrogens with zero attached hydrogens (tertiary/aromatic N) is 1. The highest BCUT2D eigenvalue weighted by Crippen LogP contribution is 2.29. The highest BCUT2D eigenvalue weighted by Gasteiger charge is 2.09. The van der Waals surface area contributed by atoms with Gasteiger partial charge in [0.2, 0.25) is 0 Å². The minimum Gasteiger partial charge on any atom is -0.490 e. The van der Waals surface area contributed by atoms with Crippen molar-refractivity contribution >= 4 is 22.7 Å². The third-order valence-corrected chi connectivity index (χ3v) is 3.60. The molecular weight excluding hydrogens is 277 g/mol. The lowest BCUT2D eigenvalue weighted by atomic mass is 10.2. The number of nitrogens with two attached hydrogens (primary N) is 1. The van der Waals surface area contributed by atoms with E-state index in [4.69, 9.17) is 10.5 Å². The Hall–Kier alpha value is -1.82. The molecule has 6 heteroatoms. The van der Waals surface area contributed by atoms with Crippen LogP contribution >= 0.6 is 11.3 Å². The van der Waals surface area contributed by atoms with E-state index in [0.29, 0.717) is 24.5 Å². The fourth-order valence-corrected chi connectivity index (χ4v) is 2.45. The first-order valence-corrected chi connectivity index (χ1v) is 7.28. The van der Waals surface area contributed by atoms with E-state index in [2.05, 4.69) is 10.3 Å². The van der Waals surface area contributed by atoms with Crippen molar-refractivity contribution in [3.05, 3.63) is 34.0 Å². The average molecular weight is 295 g/mol. The van der Waals surface area contributed by atoms with Crippen molar-refractivity contribution in [2.24, 2.45) is 0 Å². The molecule has 0 saturated heterocycles. The molecule has 2 rings (SSSR count). The minimum absolute atomic E-state index is 0.226. The summed E-state index contributed by atoms with van der Waals surface area (Å²) in [6, 6.07) is 2.89. The fourth-order valence-electron chi connectivity index (χ4n) is 1.71. The lowest BCUT2D eigenvalue weighted by molar-refractivity contribution is 0.301. The largest absolute Gasteiger partial charge is 0.490 e. The molecular formula is C14H18FN3OS. The summed E-state index contributed by atoms with van der Waals surface area (Å²) in [5, 5.41) is 4.20. The number of benzene rings is 1. The summed E-state index contributed by atoms with van der Waals surface area (Å²) >= 11 is 1.61. The zero-order valence-electron chi connectivity index (χ0n) is 11.6. The Balaban J connectivity index is 2.09. The van der Waals surface area contributed by atoms with E-state index in [-0.39, 0.29) is 5.75 Å². The van der Waals surface area contributed by atoms with Crippen molar-refractivity contribution in [3.63, 3.8) is 0 Å². The molecule has 3 N–H and O–H groups in total. The van der Waals surface area contributed by atoms with Crippen LogP contribution in [0.2, 0.25) is 0 Å². The van der Waals surface area contributed by atoms with Gasteiger partial charge in [0, 0.05) is 23.2 Å². The standard InChI is InChI=1S/C14H18FN3OS/c1-3-4-19-14-6-13(12(16)5-11(14)15)18-8-10-7-17-9(2)20-10/h5-7,18H,3-4,8,16H2,1-2H3. The highest BCUT2D eigenvalue weighted by molar-refractivity contribution is 7.11. The number of hydrogen-bond donors (Lipinski definition) is 2. The molecule has 4 nitrogen and oxygen atoms in total. The van der Waals surface area contributed by atoms with Gasteiger partial charge in [0.1, 0.15) is 0 Å². The Kier molecular flexibility index (Phi) is 4.79. The number of hydrogen-bond acceptors (Lipinski definition) is 5. The monoisotopic (exact) mass is 295 g/mol. The molecule has 0 spiro atoms. The van der Waals surface area contributed by atoms with E-state index in [1.54, 1.807) is 17.4 Å². The molecule has 1 aromatic carbocycles. The third-order valence-electron chi connectivity index (χ3n) is 2.69. The number of anilines is 2. The summed E-state index contributed by atoms with van der Waals surface area (Å²) in [6.45, 7) is 5.01. The zero-order chi connectivity index (χ0) is 14.5. The van der Waals surface area contributed by atoms with Crippen molar-refractivity contribution < 1.29 is 9.13 Å². The van der Waals surface area contributed by atoms with E-state index in [1.807, 2.05) is 20.0 Å². The molecule has 0 aliphatic carbocycles. The molecule has 108 valence electrons. The van der Waals surface area contributed by atoms with Gasteiger partial charge in [-0.2, -0.15) is 0 Å². The van der Waals surface area contributed by atoms with Crippen molar-refractivity contribution in [2.45, 2.75) is 26.8 Å². The molecule has 0 unspecified atom stereocenters. The van der Waals surface area contributed by atoms with E-state index < -0.39 is 5.82 Å². The van der Waals surface area contributed by atoms with Gasteiger partial charge >= 0.3 is 0 Å². The van der Waals surface area contributed by atoms with Gasteiger partial charge in [-0.3, -0.25) is 0 Å². The predicted octanol–water partition coefficient (Wildman–Crippen LogP) is 3.57. The molecule has 0 radical (unpaired) electrons. The van der Waals surface area contributed by atoms with E-state index >= 15 is 0 Å². The van der Waals surface area contributed by atoms with Crippen LogP contribution in [0.4, 0.5) is 15.8 Å². The van der Waals surface area contributed by atoms with Gasteiger partial charge in [-0.1, -0.05) is 6.92 Å². The molecule has 1 heterocycles. The summed E-state index contributed by atoms with van der Waals surface area (Å²) in [6.07, 6.45) is 2.65. The molecule has 0 amide bonds. The normalized spacial score (nSPS) is 10.6. The molecule has 0 saturated carbocycles. The van der Waals surface area contributed by atoms with Crippen molar-refractivity contribution in [3.8, 4) is 5.75 Å². The number of nitrogens with one attached hydrogen (secondary N) is 1. The van der Waals surface area contributed by atoms with E-state index in [1.165, 1.54) is 6.07 Å². The summed E-state index contributed by atoms with van der Waals surface area (Å²) in [5.74, 6) is -0.209. The van der Waals surface area contributed by atoms with Crippen molar-refractivity contribution in [1.82, 2.24) is 4.98 Å². The number of ether oxygens (including phenoxy) is 1. The Morgan fingerprint density at radius 2 is 2.25 bits per heavy atom. The number of aromatic nitrogens is 1. The Labute approximate surface area is 121 Å². The SMILES string of the molecule is CCCOc1cc(NCc2cnc(C)s2)c(N)cc1F. The van der Waals surface area contributed by atoms with Crippen LogP contribution in [0, 0.1) is 12.7 Å². The smallest absolute Gasteiger partial charge is 0.167 e. The second kappa shape index (κ2) is 6.56. The minimum atomic E-state index is -0.435. The van der Waals surface area contributed by atoms with Gasteiger partial charge in [0.15, 0.2) is 11.6 Å². The molecule has 0 atom stereocenters. The molecule has 20 heavy (non-hydrogen) atoms. The zero-order valence-corrected chi connectivity index (χ0v) is 12.4. The van der Waals surface area contributed by atoms with Crippen LogP contribution in [0.25, 0.3) is 0 Å². The summed E-state index contributed by atoms with van der Waals surface area (Å²) in [4.78, 5) is 5.29. The maximum absolute atomic E-state index is 13.7. The molecule has 0 fully saturated rings. The van der Waals surface area contributed by atoms with Crippen LogP contribution < -0.4 is 15.8 Å². The number of rotatable bonds is 6. The number of halogens is 1. The first-order valence-electron chi connectivity index (χ1n) is 6.47. The topological polar surface area (TPSA) is 60.2 Å². The van der Waals surface area contributed by atoms with Gasteiger partial charge in [-0.25, -0.2) is 9.37 Å². The lowest BCUT2D eigenvalue weighted by Crippen LogP contribution is -2.04. The number of aryl methyl sites for hydroxylation is 1. The lowest BCUT2D eigenvalue weighted by Gasteiger charge is -2.12. The predicted molar refractivity (Wildman–Crippen MR) is 80.8 cm³/mol. The van der Waals surface area contributed by atoms with Crippen LogP contribution in [-0.2, 0) is 6.54 Å².